The Balaban J connectivity index is 1.35. The van der Waals surface area contributed by atoms with E-state index in [-0.39, 0.29) is 29.9 Å². The Kier molecular flexibility index (Phi) is 5.14. The van der Waals surface area contributed by atoms with Crippen molar-refractivity contribution in [3.63, 3.8) is 0 Å². The minimum absolute atomic E-state index is 0.0124. The van der Waals surface area contributed by atoms with E-state index >= 15 is 0 Å². The number of hydrogen-bond acceptors (Lipinski definition) is 4. The molecule has 0 bridgehead atoms. The van der Waals surface area contributed by atoms with Crippen LogP contribution in [0.1, 0.15) is 30.2 Å². The molecule has 1 saturated heterocycles. The van der Waals surface area contributed by atoms with Crippen molar-refractivity contribution in [3.05, 3.63) is 71.6 Å². The van der Waals surface area contributed by atoms with Crippen molar-refractivity contribution in [2.24, 2.45) is 0 Å². The average Bonchev–Trinajstić information content (AvgIpc) is 3.19. The van der Waals surface area contributed by atoms with Gasteiger partial charge < -0.3 is 9.42 Å². The molecule has 4 rings (SSSR count). The number of benzene rings is 2. The smallest absolute Gasteiger partial charge is 0.230 e. The molecule has 1 aliphatic rings. The fourth-order valence-corrected chi connectivity index (χ4v) is 3.43. The zero-order chi connectivity index (χ0) is 19.5. The van der Waals surface area contributed by atoms with Gasteiger partial charge in [0.2, 0.25) is 17.6 Å². The third kappa shape index (κ3) is 4.08. The molecule has 1 aromatic heterocycles. The van der Waals surface area contributed by atoms with Crippen LogP contribution in [-0.2, 0) is 11.2 Å². The molecule has 0 unspecified atom stereocenters. The topological polar surface area (TPSA) is 59.2 Å². The Bertz CT molecular complexity index is 964. The molecule has 0 N–H and O–H groups in total. The maximum absolute atomic E-state index is 13.3. The van der Waals surface area contributed by atoms with Gasteiger partial charge in [0.05, 0.1) is 6.42 Å². The lowest BCUT2D eigenvalue weighted by atomic mass is 9.96. The average molecular weight is 383 g/mol. The maximum atomic E-state index is 13.3. The molecule has 1 fully saturated rings. The maximum Gasteiger partial charge on any atom is 0.230 e. The van der Waals surface area contributed by atoms with Crippen LogP contribution in [0.15, 0.2) is 53.1 Å². The number of amides is 1. The summed E-state index contributed by atoms with van der Waals surface area (Å²) in [6.45, 7) is 1.18. The van der Waals surface area contributed by atoms with Gasteiger partial charge in [0.1, 0.15) is 11.6 Å². The summed E-state index contributed by atoms with van der Waals surface area (Å²) in [5.41, 5.74) is 1.37. The number of hydrogen-bond donors (Lipinski definition) is 0. The van der Waals surface area contributed by atoms with Crippen LogP contribution < -0.4 is 0 Å². The van der Waals surface area contributed by atoms with E-state index in [0.29, 0.717) is 35.9 Å². The van der Waals surface area contributed by atoms with Crippen LogP contribution >= 0.6 is 0 Å². The van der Waals surface area contributed by atoms with Crippen LogP contribution in [0.2, 0.25) is 0 Å². The molecule has 0 aliphatic carbocycles. The molecule has 2 heterocycles. The monoisotopic (exact) mass is 383 g/mol. The summed E-state index contributed by atoms with van der Waals surface area (Å²) in [5.74, 6) is 0.387. The Hall–Kier alpha value is -3.09. The third-order valence-electron chi connectivity index (χ3n) is 4.99. The normalized spacial score (nSPS) is 15.0. The van der Waals surface area contributed by atoms with E-state index in [1.165, 1.54) is 24.3 Å². The molecule has 0 radical (unpaired) electrons. The van der Waals surface area contributed by atoms with Crippen LogP contribution in [0.3, 0.4) is 0 Å². The van der Waals surface area contributed by atoms with E-state index in [1.807, 2.05) is 0 Å². The zero-order valence-electron chi connectivity index (χ0n) is 15.1. The molecule has 0 atom stereocenters. The molecule has 2 aromatic carbocycles. The molecule has 3 aromatic rings. The van der Waals surface area contributed by atoms with Crippen LogP contribution in [-0.4, -0.2) is 34.0 Å². The van der Waals surface area contributed by atoms with E-state index in [4.69, 9.17) is 4.52 Å². The first-order chi connectivity index (χ1) is 13.6. The first-order valence-corrected chi connectivity index (χ1v) is 9.20. The molecule has 144 valence electrons. The zero-order valence-corrected chi connectivity index (χ0v) is 15.1. The van der Waals surface area contributed by atoms with E-state index in [9.17, 15) is 13.6 Å². The van der Waals surface area contributed by atoms with Crippen molar-refractivity contribution in [2.45, 2.75) is 25.2 Å². The van der Waals surface area contributed by atoms with Crippen LogP contribution in [0, 0.1) is 11.6 Å². The minimum Gasteiger partial charge on any atom is -0.342 e. The van der Waals surface area contributed by atoms with Gasteiger partial charge >= 0.3 is 0 Å². The number of nitrogens with zero attached hydrogens (tertiary/aromatic N) is 3. The van der Waals surface area contributed by atoms with Crippen LogP contribution in [0.4, 0.5) is 8.78 Å². The second-order valence-electron chi connectivity index (χ2n) is 6.92. The van der Waals surface area contributed by atoms with Gasteiger partial charge in [0, 0.05) is 24.6 Å². The number of aromatic nitrogens is 2. The Labute approximate surface area is 161 Å². The number of halogens is 2. The van der Waals surface area contributed by atoms with Gasteiger partial charge in [-0.25, -0.2) is 8.78 Å². The van der Waals surface area contributed by atoms with Gasteiger partial charge in [-0.1, -0.05) is 17.3 Å². The van der Waals surface area contributed by atoms with E-state index < -0.39 is 0 Å². The molecule has 7 heteroatoms. The van der Waals surface area contributed by atoms with Crippen molar-refractivity contribution in [2.75, 3.05) is 13.1 Å². The lowest BCUT2D eigenvalue weighted by Crippen LogP contribution is -2.38. The molecule has 0 spiro atoms. The van der Waals surface area contributed by atoms with Crippen molar-refractivity contribution in [1.82, 2.24) is 15.0 Å². The van der Waals surface area contributed by atoms with Gasteiger partial charge in [0.25, 0.3) is 0 Å². The minimum atomic E-state index is -0.336. The summed E-state index contributed by atoms with van der Waals surface area (Å²) >= 11 is 0. The summed E-state index contributed by atoms with van der Waals surface area (Å²) in [4.78, 5) is 18.7. The van der Waals surface area contributed by atoms with Gasteiger partial charge in [0.15, 0.2) is 0 Å². The highest BCUT2D eigenvalue weighted by Gasteiger charge is 2.27. The Morgan fingerprint density at radius 1 is 1.07 bits per heavy atom. The molecular weight excluding hydrogens is 364 g/mol. The highest BCUT2D eigenvalue weighted by atomic mass is 19.1. The summed E-state index contributed by atoms with van der Waals surface area (Å²) in [6.07, 6.45) is 1.64. The molecule has 0 saturated carbocycles. The third-order valence-corrected chi connectivity index (χ3v) is 4.99. The number of piperidine rings is 1. The highest BCUT2D eigenvalue weighted by Crippen LogP contribution is 2.29. The SMILES string of the molecule is O=C(Cc1cccc(F)c1)N1CCC(c2nc(-c3ccc(F)cc3)no2)CC1. The molecule has 28 heavy (non-hydrogen) atoms. The summed E-state index contributed by atoms with van der Waals surface area (Å²) in [5, 5.41) is 3.98. The predicted octanol–water partition coefficient (Wildman–Crippen LogP) is 3.96. The molecule has 1 amide bonds. The number of rotatable bonds is 4. The fraction of sp³-hybridized carbons (Fsp3) is 0.286. The van der Waals surface area contributed by atoms with E-state index in [2.05, 4.69) is 10.1 Å². The molecular formula is C21H19F2N3O2. The summed E-state index contributed by atoms with van der Waals surface area (Å²) < 4.78 is 31.7. The van der Waals surface area contributed by atoms with Gasteiger partial charge in [-0.2, -0.15) is 4.98 Å². The predicted molar refractivity (Wildman–Crippen MR) is 98.4 cm³/mol. The first-order valence-electron chi connectivity index (χ1n) is 9.20. The quantitative estimate of drug-likeness (QED) is 0.684. The standard InChI is InChI=1S/C21H19F2N3O2/c22-17-6-4-15(5-7-17)20-24-21(28-25-20)16-8-10-26(11-9-16)19(27)13-14-2-1-3-18(23)12-14/h1-7,12,16H,8-11,13H2. The molecule has 5 nitrogen and oxygen atoms in total. The van der Waals surface area contributed by atoms with Crippen LogP contribution in [0.25, 0.3) is 11.4 Å². The number of carbonyl (C=O) groups excluding carboxylic acids is 1. The number of carbonyl (C=O) groups is 1. The highest BCUT2D eigenvalue weighted by molar-refractivity contribution is 5.78. The number of likely N-dealkylation sites (tertiary alicyclic amines) is 1. The van der Waals surface area contributed by atoms with E-state index in [0.717, 1.165) is 12.8 Å². The van der Waals surface area contributed by atoms with Crippen molar-refractivity contribution in [3.8, 4) is 11.4 Å². The van der Waals surface area contributed by atoms with Gasteiger partial charge in [-0.3, -0.25) is 4.79 Å². The second-order valence-corrected chi connectivity index (χ2v) is 6.92. The van der Waals surface area contributed by atoms with E-state index in [1.54, 1.807) is 29.2 Å². The van der Waals surface area contributed by atoms with Crippen molar-refractivity contribution in [1.29, 1.82) is 0 Å². The first kappa shape index (κ1) is 18.3. The largest absolute Gasteiger partial charge is 0.342 e. The van der Waals surface area contributed by atoms with Gasteiger partial charge in [-0.15, -0.1) is 0 Å². The van der Waals surface area contributed by atoms with Crippen molar-refractivity contribution >= 4 is 5.91 Å². The fourth-order valence-electron chi connectivity index (χ4n) is 3.43. The second kappa shape index (κ2) is 7.88. The summed E-state index contributed by atoms with van der Waals surface area (Å²) in [6, 6.07) is 12.0. The Morgan fingerprint density at radius 3 is 2.54 bits per heavy atom. The van der Waals surface area contributed by atoms with Crippen LogP contribution in [0.5, 0.6) is 0 Å². The lowest BCUT2D eigenvalue weighted by Gasteiger charge is -2.30. The lowest BCUT2D eigenvalue weighted by molar-refractivity contribution is -0.131. The van der Waals surface area contributed by atoms with Crippen molar-refractivity contribution < 1.29 is 18.1 Å². The molecule has 1 aliphatic heterocycles. The Morgan fingerprint density at radius 2 is 1.82 bits per heavy atom. The summed E-state index contributed by atoms with van der Waals surface area (Å²) in [7, 11) is 0. The van der Waals surface area contributed by atoms with Gasteiger partial charge in [-0.05, 0) is 54.8 Å².